The topological polar surface area (TPSA) is 63.6 Å². The fourth-order valence-corrected chi connectivity index (χ4v) is 0.508. The fourth-order valence-electron chi connectivity index (χ4n) is 0.508. The molecule has 1 N–H and O–H groups in total. The molecule has 0 saturated heterocycles. The number of carbonyl (C=O) groups excluding carboxylic acids is 2. The second kappa shape index (κ2) is 8.69. The van der Waals surface area contributed by atoms with Gasteiger partial charge in [0.1, 0.15) is 12.2 Å². The SMILES string of the molecule is CC(=O)CC(=O)OC(C)C.CC(C)O. The van der Waals surface area contributed by atoms with Gasteiger partial charge in [0.05, 0.1) is 6.10 Å². The number of hydrogen-bond donors (Lipinski definition) is 1. The molecule has 0 aromatic heterocycles. The Hall–Kier alpha value is -0.900. The molecule has 0 radical (unpaired) electrons. The van der Waals surface area contributed by atoms with E-state index in [0.29, 0.717) is 0 Å². The maximum Gasteiger partial charge on any atom is 0.313 e. The van der Waals surface area contributed by atoms with Crippen LogP contribution in [-0.4, -0.2) is 29.1 Å². The molecule has 84 valence electrons. The largest absolute Gasteiger partial charge is 0.463 e. The zero-order valence-electron chi connectivity index (χ0n) is 9.53. The van der Waals surface area contributed by atoms with E-state index in [1.165, 1.54) is 6.92 Å². The third-order valence-corrected chi connectivity index (χ3v) is 0.760. The molecule has 0 rings (SSSR count). The van der Waals surface area contributed by atoms with Crippen molar-refractivity contribution in [1.29, 1.82) is 0 Å². The van der Waals surface area contributed by atoms with E-state index in [9.17, 15) is 9.59 Å². The van der Waals surface area contributed by atoms with Gasteiger partial charge in [-0.3, -0.25) is 9.59 Å². The Morgan fingerprint density at radius 2 is 1.57 bits per heavy atom. The molecule has 0 aliphatic heterocycles. The second-order valence-corrected chi connectivity index (χ2v) is 3.51. The van der Waals surface area contributed by atoms with Crippen molar-refractivity contribution in [3.63, 3.8) is 0 Å². The number of esters is 1. The summed E-state index contributed by atoms with van der Waals surface area (Å²) in [5.41, 5.74) is 0. The first-order chi connectivity index (χ1) is 6.25. The van der Waals surface area contributed by atoms with Crippen LogP contribution in [0.15, 0.2) is 0 Å². The van der Waals surface area contributed by atoms with Gasteiger partial charge in [0, 0.05) is 6.10 Å². The Labute approximate surface area is 85.3 Å². The van der Waals surface area contributed by atoms with Gasteiger partial charge in [-0.2, -0.15) is 0 Å². The molecule has 0 amide bonds. The molecule has 0 heterocycles. The summed E-state index contributed by atoms with van der Waals surface area (Å²) in [5.74, 6) is -0.604. The lowest BCUT2D eigenvalue weighted by Gasteiger charge is -2.05. The van der Waals surface area contributed by atoms with Crippen molar-refractivity contribution in [2.24, 2.45) is 0 Å². The average Bonchev–Trinajstić information content (AvgIpc) is 1.79. The molecule has 0 saturated carbocycles. The van der Waals surface area contributed by atoms with Gasteiger partial charge in [-0.1, -0.05) is 0 Å². The smallest absolute Gasteiger partial charge is 0.313 e. The first-order valence-corrected chi connectivity index (χ1v) is 4.62. The van der Waals surface area contributed by atoms with Crippen molar-refractivity contribution in [3.05, 3.63) is 0 Å². The van der Waals surface area contributed by atoms with E-state index >= 15 is 0 Å². The van der Waals surface area contributed by atoms with Crippen LogP contribution in [0.2, 0.25) is 0 Å². The van der Waals surface area contributed by atoms with Crippen molar-refractivity contribution in [2.75, 3.05) is 0 Å². The van der Waals surface area contributed by atoms with E-state index in [-0.39, 0.29) is 24.4 Å². The van der Waals surface area contributed by atoms with Gasteiger partial charge in [-0.15, -0.1) is 0 Å². The standard InChI is InChI=1S/C7H12O3.C3H8O/c1-5(2)10-7(9)4-6(3)8;1-3(2)4/h5H,4H2,1-3H3;3-4H,1-2H3. The molecule has 0 bridgehead atoms. The molecule has 0 unspecified atom stereocenters. The Bertz CT molecular complexity index is 170. The maximum absolute atomic E-state index is 10.6. The molecule has 0 aliphatic rings. The normalized spacial score (nSPS) is 9.43. The van der Waals surface area contributed by atoms with E-state index < -0.39 is 5.97 Å². The van der Waals surface area contributed by atoms with Crippen LogP contribution in [0.5, 0.6) is 0 Å². The summed E-state index contributed by atoms with van der Waals surface area (Å²) in [4.78, 5) is 21.0. The molecule has 0 atom stereocenters. The predicted octanol–water partition coefficient (Wildman–Crippen LogP) is 1.30. The Morgan fingerprint density at radius 3 is 1.79 bits per heavy atom. The lowest BCUT2D eigenvalue weighted by atomic mass is 10.3. The zero-order valence-corrected chi connectivity index (χ0v) is 9.53. The Balaban J connectivity index is 0. The minimum atomic E-state index is -0.442. The molecule has 4 heteroatoms. The molecule has 0 spiro atoms. The molecule has 0 fully saturated rings. The van der Waals surface area contributed by atoms with Crippen LogP contribution in [0.1, 0.15) is 41.0 Å². The number of aliphatic hydroxyl groups is 1. The maximum atomic E-state index is 10.6. The predicted molar refractivity (Wildman–Crippen MR) is 53.9 cm³/mol. The van der Waals surface area contributed by atoms with Crippen LogP contribution < -0.4 is 0 Å². The highest BCUT2D eigenvalue weighted by molar-refractivity contribution is 5.94. The fraction of sp³-hybridized carbons (Fsp3) is 0.800. The van der Waals surface area contributed by atoms with Gasteiger partial charge in [0.2, 0.25) is 0 Å². The summed E-state index contributed by atoms with van der Waals surface area (Å²) in [5, 5.41) is 8.06. The number of carbonyl (C=O) groups is 2. The van der Waals surface area contributed by atoms with E-state index in [0.717, 1.165) is 0 Å². The number of ether oxygens (including phenoxy) is 1. The monoisotopic (exact) mass is 204 g/mol. The van der Waals surface area contributed by atoms with E-state index in [4.69, 9.17) is 9.84 Å². The minimum Gasteiger partial charge on any atom is -0.463 e. The van der Waals surface area contributed by atoms with E-state index in [2.05, 4.69) is 0 Å². The molecular formula is C10H20O4. The van der Waals surface area contributed by atoms with Gasteiger partial charge < -0.3 is 9.84 Å². The molecule has 14 heavy (non-hydrogen) atoms. The van der Waals surface area contributed by atoms with Crippen LogP contribution in [0.25, 0.3) is 0 Å². The highest BCUT2D eigenvalue weighted by Crippen LogP contribution is 1.93. The van der Waals surface area contributed by atoms with Gasteiger partial charge in [0.25, 0.3) is 0 Å². The Kier molecular flexibility index (Phi) is 9.66. The third-order valence-electron chi connectivity index (χ3n) is 0.760. The summed E-state index contributed by atoms with van der Waals surface area (Å²) in [7, 11) is 0. The lowest BCUT2D eigenvalue weighted by Crippen LogP contribution is -2.13. The van der Waals surface area contributed by atoms with Crippen molar-refractivity contribution < 1.29 is 19.4 Å². The summed E-state index contributed by atoms with van der Waals surface area (Å²) >= 11 is 0. The number of ketones is 1. The summed E-state index contributed by atoms with van der Waals surface area (Å²) in [6.07, 6.45) is -0.412. The van der Waals surface area contributed by atoms with E-state index in [1.54, 1.807) is 27.7 Å². The zero-order chi connectivity index (χ0) is 11.7. The van der Waals surface area contributed by atoms with Gasteiger partial charge in [0.15, 0.2) is 0 Å². The Morgan fingerprint density at radius 1 is 1.21 bits per heavy atom. The molecule has 0 aromatic carbocycles. The number of aliphatic hydroxyl groups excluding tert-OH is 1. The number of rotatable bonds is 3. The van der Waals surface area contributed by atoms with Gasteiger partial charge in [-0.25, -0.2) is 0 Å². The lowest BCUT2D eigenvalue weighted by molar-refractivity contribution is -0.149. The summed E-state index contributed by atoms with van der Waals surface area (Å²) in [6, 6.07) is 0. The second-order valence-electron chi connectivity index (χ2n) is 3.51. The van der Waals surface area contributed by atoms with Crippen LogP contribution in [-0.2, 0) is 14.3 Å². The van der Waals surface area contributed by atoms with Crippen molar-refractivity contribution >= 4 is 11.8 Å². The highest BCUT2D eigenvalue weighted by Gasteiger charge is 2.07. The van der Waals surface area contributed by atoms with Crippen molar-refractivity contribution in [3.8, 4) is 0 Å². The summed E-state index contributed by atoms with van der Waals surface area (Å²) in [6.45, 7) is 8.30. The van der Waals surface area contributed by atoms with Gasteiger partial charge in [-0.05, 0) is 34.6 Å². The van der Waals surface area contributed by atoms with Crippen molar-refractivity contribution in [1.82, 2.24) is 0 Å². The molecule has 4 nitrogen and oxygen atoms in total. The third kappa shape index (κ3) is 22.5. The number of Topliss-reactive ketones (excluding diaryl/α,β-unsaturated/α-hetero) is 1. The van der Waals surface area contributed by atoms with Crippen LogP contribution in [0.4, 0.5) is 0 Å². The van der Waals surface area contributed by atoms with Crippen LogP contribution >= 0.6 is 0 Å². The van der Waals surface area contributed by atoms with Crippen molar-refractivity contribution in [2.45, 2.75) is 53.2 Å². The highest BCUT2D eigenvalue weighted by atomic mass is 16.5. The molecule has 0 aliphatic carbocycles. The van der Waals surface area contributed by atoms with Gasteiger partial charge >= 0.3 is 5.97 Å². The first-order valence-electron chi connectivity index (χ1n) is 4.62. The number of hydrogen-bond acceptors (Lipinski definition) is 4. The van der Waals surface area contributed by atoms with Crippen LogP contribution in [0.3, 0.4) is 0 Å². The minimum absolute atomic E-state index is 0.113. The quantitative estimate of drug-likeness (QED) is 0.556. The molecule has 0 aromatic rings. The average molecular weight is 204 g/mol. The summed E-state index contributed by atoms with van der Waals surface area (Å²) < 4.78 is 4.70. The first kappa shape index (κ1) is 15.6. The van der Waals surface area contributed by atoms with E-state index in [1.807, 2.05) is 0 Å². The molecular weight excluding hydrogens is 184 g/mol. The van der Waals surface area contributed by atoms with Crippen LogP contribution in [0, 0.1) is 0 Å².